The summed E-state index contributed by atoms with van der Waals surface area (Å²) < 4.78 is 0. The Hall–Kier alpha value is -3.41. The first-order chi connectivity index (χ1) is 13.7. The van der Waals surface area contributed by atoms with Gasteiger partial charge in [0.2, 0.25) is 0 Å². The van der Waals surface area contributed by atoms with Crippen LogP contribution in [0.1, 0.15) is 10.5 Å². The number of rotatable bonds is 4. The number of aromatic nitrogens is 2. The third-order valence-corrected chi connectivity index (χ3v) is 5.04. The summed E-state index contributed by atoms with van der Waals surface area (Å²) in [5, 5.41) is 0. The highest BCUT2D eigenvalue weighted by atomic mass is 16.2. The van der Waals surface area contributed by atoms with Crippen molar-refractivity contribution in [2.24, 2.45) is 0 Å². The molecule has 6 heteroatoms. The average Bonchev–Trinajstić information content (AvgIpc) is 2.79. The van der Waals surface area contributed by atoms with Crippen LogP contribution in [0, 0.1) is 0 Å². The number of nitrogens with zero attached hydrogens (tertiary/aromatic N) is 5. The van der Waals surface area contributed by atoms with Gasteiger partial charge in [-0.1, -0.05) is 36.4 Å². The molecule has 1 aromatic heterocycles. The van der Waals surface area contributed by atoms with Crippen LogP contribution in [0.4, 0.5) is 17.2 Å². The van der Waals surface area contributed by atoms with Crippen LogP contribution in [-0.2, 0) is 0 Å². The van der Waals surface area contributed by atoms with E-state index in [2.05, 4.69) is 44.0 Å². The summed E-state index contributed by atoms with van der Waals surface area (Å²) in [7, 11) is 1.76. The minimum Gasteiger partial charge on any atom is -0.368 e. The molecule has 28 heavy (non-hydrogen) atoms. The molecule has 0 radical (unpaired) electrons. The average molecular weight is 373 g/mol. The number of hydrogen-bond donors (Lipinski definition) is 0. The van der Waals surface area contributed by atoms with Crippen molar-refractivity contribution in [3.8, 4) is 0 Å². The fraction of sp³-hybridized carbons (Fsp3) is 0.227. The highest BCUT2D eigenvalue weighted by Gasteiger charge is 2.21. The minimum absolute atomic E-state index is 0.141. The first kappa shape index (κ1) is 18.0. The SMILES string of the molecule is CN(C(=O)c1cc(N2CCN(c3ccccc3)CC2)ncn1)c1ccccc1. The molecule has 142 valence electrons. The normalized spacial score (nSPS) is 14.0. The highest BCUT2D eigenvalue weighted by molar-refractivity contribution is 6.04. The summed E-state index contributed by atoms with van der Waals surface area (Å²) in [5.41, 5.74) is 2.48. The molecule has 4 rings (SSSR count). The van der Waals surface area contributed by atoms with Gasteiger partial charge in [-0.3, -0.25) is 4.79 Å². The number of hydrogen-bond acceptors (Lipinski definition) is 5. The molecule has 0 N–H and O–H groups in total. The fourth-order valence-electron chi connectivity index (χ4n) is 3.41. The molecule has 6 nitrogen and oxygen atoms in total. The predicted octanol–water partition coefficient (Wildman–Crippen LogP) is 3.08. The van der Waals surface area contributed by atoms with E-state index in [1.165, 1.54) is 12.0 Å². The van der Waals surface area contributed by atoms with E-state index in [1.807, 2.05) is 36.4 Å². The van der Waals surface area contributed by atoms with Crippen LogP contribution >= 0.6 is 0 Å². The van der Waals surface area contributed by atoms with Crippen molar-refractivity contribution in [2.45, 2.75) is 0 Å². The van der Waals surface area contributed by atoms with Gasteiger partial charge in [-0.2, -0.15) is 0 Å². The number of carbonyl (C=O) groups is 1. The molecular weight excluding hydrogens is 350 g/mol. The van der Waals surface area contributed by atoms with Crippen molar-refractivity contribution in [3.05, 3.63) is 78.8 Å². The maximum Gasteiger partial charge on any atom is 0.276 e. The van der Waals surface area contributed by atoms with E-state index < -0.39 is 0 Å². The Balaban J connectivity index is 1.45. The molecule has 0 aliphatic carbocycles. The lowest BCUT2D eigenvalue weighted by molar-refractivity contribution is 0.0988. The summed E-state index contributed by atoms with van der Waals surface area (Å²) >= 11 is 0. The summed E-state index contributed by atoms with van der Waals surface area (Å²) in [4.78, 5) is 27.6. The molecule has 1 fully saturated rings. The lowest BCUT2D eigenvalue weighted by atomic mass is 10.2. The van der Waals surface area contributed by atoms with E-state index in [-0.39, 0.29) is 5.91 Å². The van der Waals surface area contributed by atoms with Gasteiger partial charge in [0, 0.05) is 50.7 Å². The molecule has 1 aliphatic rings. The largest absolute Gasteiger partial charge is 0.368 e. The quantitative estimate of drug-likeness (QED) is 0.703. The molecule has 1 aliphatic heterocycles. The van der Waals surface area contributed by atoms with E-state index in [0.717, 1.165) is 37.7 Å². The third kappa shape index (κ3) is 3.81. The summed E-state index contributed by atoms with van der Waals surface area (Å²) in [6.07, 6.45) is 1.48. The Kier molecular flexibility index (Phi) is 5.19. The van der Waals surface area contributed by atoms with Gasteiger partial charge >= 0.3 is 0 Å². The van der Waals surface area contributed by atoms with Crippen LogP contribution in [-0.4, -0.2) is 49.1 Å². The number of piperazine rings is 1. The van der Waals surface area contributed by atoms with Crippen molar-refractivity contribution >= 4 is 23.1 Å². The van der Waals surface area contributed by atoms with Gasteiger partial charge in [-0.05, 0) is 24.3 Å². The second-order valence-electron chi connectivity index (χ2n) is 6.77. The Morgan fingerprint density at radius 2 is 1.46 bits per heavy atom. The van der Waals surface area contributed by atoms with Crippen molar-refractivity contribution < 1.29 is 4.79 Å². The second kappa shape index (κ2) is 8.08. The first-order valence-corrected chi connectivity index (χ1v) is 9.42. The molecule has 1 saturated heterocycles. The lowest BCUT2D eigenvalue weighted by Crippen LogP contribution is -2.47. The van der Waals surface area contributed by atoms with Gasteiger partial charge in [0.25, 0.3) is 5.91 Å². The maximum atomic E-state index is 12.8. The fourth-order valence-corrected chi connectivity index (χ4v) is 3.41. The number of para-hydroxylation sites is 2. The molecule has 2 aromatic carbocycles. The zero-order chi connectivity index (χ0) is 19.3. The van der Waals surface area contributed by atoms with E-state index in [1.54, 1.807) is 18.0 Å². The van der Waals surface area contributed by atoms with Crippen molar-refractivity contribution in [3.63, 3.8) is 0 Å². The van der Waals surface area contributed by atoms with Crippen LogP contribution in [0.2, 0.25) is 0 Å². The van der Waals surface area contributed by atoms with Gasteiger partial charge in [0.1, 0.15) is 17.8 Å². The molecule has 1 amide bonds. The van der Waals surface area contributed by atoms with Gasteiger partial charge in [-0.15, -0.1) is 0 Å². The maximum absolute atomic E-state index is 12.8. The van der Waals surface area contributed by atoms with Crippen molar-refractivity contribution in [2.75, 3.05) is 47.9 Å². The minimum atomic E-state index is -0.141. The monoisotopic (exact) mass is 373 g/mol. The summed E-state index contributed by atoms with van der Waals surface area (Å²) in [6, 6.07) is 21.8. The number of anilines is 3. The Morgan fingerprint density at radius 3 is 2.14 bits per heavy atom. The van der Waals surface area contributed by atoms with Crippen LogP contribution < -0.4 is 14.7 Å². The van der Waals surface area contributed by atoms with E-state index in [9.17, 15) is 4.79 Å². The van der Waals surface area contributed by atoms with E-state index >= 15 is 0 Å². The standard InChI is InChI=1S/C22H23N5O/c1-25(18-8-4-2-5-9-18)22(28)20-16-21(24-17-23-20)27-14-12-26(13-15-27)19-10-6-3-7-11-19/h2-11,16-17H,12-15H2,1H3. The molecule has 0 saturated carbocycles. The highest BCUT2D eigenvalue weighted by Crippen LogP contribution is 2.20. The molecule has 3 aromatic rings. The van der Waals surface area contributed by atoms with Gasteiger partial charge in [-0.25, -0.2) is 9.97 Å². The molecule has 2 heterocycles. The predicted molar refractivity (Wildman–Crippen MR) is 112 cm³/mol. The van der Waals surface area contributed by atoms with Gasteiger partial charge < -0.3 is 14.7 Å². The lowest BCUT2D eigenvalue weighted by Gasteiger charge is -2.36. The Bertz CT molecular complexity index is 924. The third-order valence-electron chi connectivity index (χ3n) is 5.04. The second-order valence-corrected chi connectivity index (χ2v) is 6.77. The van der Waals surface area contributed by atoms with E-state index in [0.29, 0.717) is 5.69 Å². The number of benzene rings is 2. The zero-order valence-electron chi connectivity index (χ0n) is 15.9. The topological polar surface area (TPSA) is 52.6 Å². The molecule has 0 unspecified atom stereocenters. The van der Waals surface area contributed by atoms with E-state index in [4.69, 9.17) is 0 Å². The molecule has 0 atom stereocenters. The van der Waals surface area contributed by atoms with Crippen molar-refractivity contribution in [1.82, 2.24) is 9.97 Å². The molecule has 0 spiro atoms. The smallest absolute Gasteiger partial charge is 0.276 e. The molecule has 0 bridgehead atoms. The summed E-state index contributed by atoms with van der Waals surface area (Å²) in [6.45, 7) is 3.55. The molecular formula is C22H23N5O. The first-order valence-electron chi connectivity index (χ1n) is 9.42. The number of amides is 1. The number of carbonyl (C=O) groups excluding carboxylic acids is 1. The van der Waals surface area contributed by atoms with Gasteiger partial charge in [0.15, 0.2) is 0 Å². The Morgan fingerprint density at radius 1 is 0.857 bits per heavy atom. The zero-order valence-corrected chi connectivity index (χ0v) is 15.9. The Labute approximate surface area is 165 Å². The van der Waals surface area contributed by atoms with Crippen LogP contribution in [0.3, 0.4) is 0 Å². The van der Waals surface area contributed by atoms with Crippen LogP contribution in [0.25, 0.3) is 0 Å². The van der Waals surface area contributed by atoms with Crippen LogP contribution in [0.15, 0.2) is 73.1 Å². The van der Waals surface area contributed by atoms with Crippen molar-refractivity contribution in [1.29, 1.82) is 0 Å². The summed E-state index contributed by atoms with van der Waals surface area (Å²) in [5.74, 6) is 0.658. The van der Waals surface area contributed by atoms with Crippen LogP contribution in [0.5, 0.6) is 0 Å². The van der Waals surface area contributed by atoms with Gasteiger partial charge in [0.05, 0.1) is 0 Å².